The van der Waals surface area contributed by atoms with E-state index in [2.05, 4.69) is 0 Å². The maximum atomic E-state index is 11.3. The Labute approximate surface area is 99.8 Å². The van der Waals surface area contributed by atoms with Gasteiger partial charge in [-0.1, -0.05) is 6.07 Å². The van der Waals surface area contributed by atoms with Crippen molar-refractivity contribution in [2.24, 2.45) is 0 Å². The molecule has 0 bridgehead atoms. The third-order valence-corrected chi connectivity index (χ3v) is 4.95. The first kappa shape index (κ1) is 11.7. The van der Waals surface area contributed by atoms with E-state index in [1.807, 2.05) is 18.2 Å². The molecular formula is C11H13ClO3S. The third kappa shape index (κ3) is 2.33. The van der Waals surface area contributed by atoms with Crippen molar-refractivity contribution in [1.29, 1.82) is 0 Å². The van der Waals surface area contributed by atoms with E-state index in [4.69, 9.17) is 15.4 Å². The topological polar surface area (TPSA) is 43.4 Å². The summed E-state index contributed by atoms with van der Waals surface area (Å²) < 4.78 is 27.6. The molecule has 0 aliphatic heterocycles. The van der Waals surface area contributed by atoms with Crippen LogP contribution in [0.4, 0.5) is 0 Å². The third-order valence-electron chi connectivity index (χ3n) is 2.99. The molecule has 0 saturated carbocycles. The number of hydrogen-bond acceptors (Lipinski definition) is 3. The number of fused-ring (bicyclic) bond motifs is 1. The highest BCUT2D eigenvalue weighted by Gasteiger charge is 2.28. The molecule has 0 fully saturated rings. The highest BCUT2D eigenvalue weighted by Crippen LogP contribution is 2.29. The minimum atomic E-state index is -3.44. The van der Waals surface area contributed by atoms with Gasteiger partial charge in [0.2, 0.25) is 9.05 Å². The van der Waals surface area contributed by atoms with Gasteiger partial charge in [-0.25, -0.2) is 8.42 Å². The van der Waals surface area contributed by atoms with Crippen molar-refractivity contribution in [2.45, 2.75) is 24.5 Å². The van der Waals surface area contributed by atoms with Crippen LogP contribution in [0.3, 0.4) is 0 Å². The van der Waals surface area contributed by atoms with E-state index in [-0.39, 0.29) is 0 Å². The molecule has 0 radical (unpaired) electrons. The molecule has 0 saturated heterocycles. The van der Waals surface area contributed by atoms with E-state index >= 15 is 0 Å². The van der Waals surface area contributed by atoms with Crippen molar-refractivity contribution in [3.05, 3.63) is 29.3 Å². The molecule has 1 aliphatic carbocycles. The summed E-state index contributed by atoms with van der Waals surface area (Å²) in [5.74, 6) is 0.811. The Bertz CT molecular complexity index is 496. The van der Waals surface area contributed by atoms with Gasteiger partial charge in [-0.05, 0) is 42.5 Å². The van der Waals surface area contributed by atoms with Gasteiger partial charge >= 0.3 is 0 Å². The fourth-order valence-corrected chi connectivity index (χ4v) is 3.30. The van der Waals surface area contributed by atoms with Crippen LogP contribution in [0.25, 0.3) is 0 Å². The molecule has 2 rings (SSSR count). The van der Waals surface area contributed by atoms with E-state index in [1.54, 1.807) is 7.11 Å². The Balaban J connectivity index is 2.29. The second-order valence-electron chi connectivity index (χ2n) is 3.98. The highest BCUT2D eigenvalue weighted by molar-refractivity contribution is 8.14. The summed E-state index contributed by atoms with van der Waals surface area (Å²) in [6.45, 7) is 0. The van der Waals surface area contributed by atoms with Gasteiger partial charge in [-0.2, -0.15) is 0 Å². The van der Waals surface area contributed by atoms with Gasteiger partial charge in [0.25, 0.3) is 0 Å². The average molecular weight is 261 g/mol. The second kappa shape index (κ2) is 4.26. The Morgan fingerprint density at radius 1 is 1.38 bits per heavy atom. The van der Waals surface area contributed by atoms with E-state index < -0.39 is 14.3 Å². The zero-order valence-corrected chi connectivity index (χ0v) is 10.5. The van der Waals surface area contributed by atoms with Crippen LogP contribution in [0.5, 0.6) is 5.75 Å². The first-order chi connectivity index (χ1) is 7.50. The number of hydrogen-bond donors (Lipinski definition) is 0. The quantitative estimate of drug-likeness (QED) is 0.765. The number of aryl methyl sites for hydroxylation is 1. The Morgan fingerprint density at radius 2 is 2.12 bits per heavy atom. The summed E-state index contributed by atoms with van der Waals surface area (Å²) in [5, 5.41) is -0.449. The summed E-state index contributed by atoms with van der Waals surface area (Å²) in [6, 6.07) is 5.73. The number of halogens is 1. The molecule has 16 heavy (non-hydrogen) atoms. The van der Waals surface area contributed by atoms with Crippen LogP contribution in [0.15, 0.2) is 18.2 Å². The summed E-state index contributed by atoms with van der Waals surface area (Å²) in [5.41, 5.74) is 2.22. The monoisotopic (exact) mass is 260 g/mol. The molecule has 0 N–H and O–H groups in total. The Hall–Kier alpha value is -0.740. The van der Waals surface area contributed by atoms with Gasteiger partial charge in [0, 0.05) is 10.7 Å². The molecule has 1 aromatic carbocycles. The Morgan fingerprint density at radius 3 is 2.75 bits per heavy atom. The van der Waals surface area contributed by atoms with Gasteiger partial charge in [-0.3, -0.25) is 0 Å². The van der Waals surface area contributed by atoms with Crippen LogP contribution in [0.2, 0.25) is 0 Å². The molecule has 1 atom stereocenters. The lowest BCUT2D eigenvalue weighted by atomic mass is 9.91. The molecule has 88 valence electrons. The Kier molecular flexibility index (Phi) is 3.13. The normalized spacial score (nSPS) is 20.2. The lowest BCUT2D eigenvalue weighted by molar-refractivity contribution is 0.413. The minimum Gasteiger partial charge on any atom is -0.497 e. The van der Waals surface area contributed by atoms with Crippen molar-refractivity contribution in [3.63, 3.8) is 0 Å². The van der Waals surface area contributed by atoms with Gasteiger partial charge in [-0.15, -0.1) is 0 Å². The predicted octanol–water partition coefficient (Wildman–Crippen LogP) is 2.12. The lowest BCUT2D eigenvalue weighted by Gasteiger charge is -2.22. The van der Waals surface area contributed by atoms with Crippen LogP contribution in [0, 0.1) is 0 Å². The SMILES string of the molecule is COc1ccc2c(c1)CC[C@H](S(=O)(=O)Cl)C2. The molecule has 1 aromatic rings. The minimum absolute atomic E-state index is 0.449. The van der Waals surface area contributed by atoms with E-state index in [9.17, 15) is 8.42 Å². The molecule has 0 heterocycles. The molecule has 3 nitrogen and oxygen atoms in total. The van der Waals surface area contributed by atoms with Crippen LogP contribution < -0.4 is 4.74 Å². The van der Waals surface area contributed by atoms with Crippen LogP contribution >= 0.6 is 10.7 Å². The van der Waals surface area contributed by atoms with Crippen molar-refractivity contribution < 1.29 is 13.2 Å². The van der Waals surface area contributed by atoms with E-state index in [0.29, 0.717) is 12.8 Å². The fourth-order valence-electron chi connectivity index (χ4n) is 2.07. The standard InChI is InChI=1S/C11H13ClO3S/c1-15-10-4-2-9-7-11(16(12,13)14)5-3-8(9)6-10/h2,4,6,11H,3,5,7H2,1H3/t11-/m0/s1. The zero-order valence-electron chi connectivity index (χ0n) is 8.94. The van der Waals surface area contributed by atoms with Gasteiger partial charge in [0.1, 0.15) is 5.75 Å². The first-order valence-electron chi connectivity index (χ1n) is 5.10. The van der Waals surface area contributed by atoms with Gasteiger partial charge in [0.05, 0.1) is 12.4 Å². The van der Waals surface area contributed by atoms with Crippen molar-refractivity contribution in [2.75, 3.05) is 7.11 Å². The smallest absolute Gasteiger partial charge is 0.235 e. The van der Waals surface area contributed by atoms with Crippen LogP contribution in [-0.4, -0.2) is 20.8 Å². The van der Waals surface area contributed by atoms with Gasteiger partial charge in [0.15, 0.2) is 0 Å². The van der Waals surface area contributed by atoms with Crippen molar-refractivity contribution in [1.82, 2.24) is 0 Å². The number of rotatable bonds is 2. The van der Waals surface area contributed by atoms with Crippen molar-refractivity contribution in [3.8, 4) is 5.75 Å². The van der Waals surface area contributed by atoms with Crippen LogP contribution in [0.1, 0.15) is 17.5 Å². The molecule has 0 aromatic heterocycles. The highest BCUT2D eigenvalue weighted by atomic mass is 35.7. The van der Waals surface area contributed by atoms with E-state index in [0.717, 1.165) is 23.3 Å². The number of ether oxygens (including phenoxy) is 1. The molecule has 1 aliphatic rings. The average Bonchev–Trinajstić information content (AvgIpc) is 2.26. The molecule has 0 spiro atoms. The summed E-state index contributed by atoms with van der Waals surface area (Å²) in [4.78, 5) is 0. The predicted molar refractivity (Wildman–Crippen MR) is 63.6 cm³/mol. The number of benzene rings is 1. The summed E-state index contributed by atoms with van der Waals surface area (Å²) in [7, 11) is 3.56. The molecule has 5 heteroatoms. The molecule has 0 unspecified atom stereocenters. The lowest BCUT2D eigenvalue weighted by Crippen LogP contribution is -2.24. The largest absolute Gasteiger partial charge is 0.497 e. The summed E-state index contributed by atoms with van der Waals surface area (Å²) >= 11 is 0. The summed E-state index contributed by atoms with van der Waals surface area (Å²) in [6.07, 6.45) is 1.83. The maximum Gasteiger partial charge on any atom is 0.235 e. The van der Waals surface area contributed by atoms with E-state index in [1.165, 1.54) is 0 Å². The number of methoxy groups -OCH3 is 1. The second-order valence-corrected chi connectivity index (χ2v) is 6.88. The molecule has 0 amide bonds. The van der Waals surface area contributed by atoms with Crippen molar-refractivity contribution >= 4 is 19.7 Å². The maximum absolute atomic E-state index is 11.3. The van der Waals surface area contributed by atoms with Gasteiger partial charge < -0.3 is 4.74 Å². The molecular weight excluding hydrogens is 248 g/mol. The zero-order chi connectivity index (χ0) is 11.8. The fraction of sp³-hybridized carbons (Fsp3) is 0.455. The first-order valence-corrected chi connectivity index (χ1v) is 7.47. The van der Waals surface area contributed by atoms with Crippen LogP contribution in [-0.2, 0) is 21.9 Å².